The van der Waals surface area contributed by atoms with Gasteiger partial charge in [-0.2, -0.15) is 4.98 Å². The molecular formula is C14H15N3O2. The standard InChI is InChI=1S/C14H15N3O2/c1-14(2,3)8-4-5-10-9(6-8)16-12-11(19-10)7-15-13(18)17-12/h4-7H,1-3H3,(H2,15,16,17,18). The molecule has 0 bridgehead atoms. The van der Waals surface area contributed by atoms with Crippen molar-refractivity contribution in [3.63, 3.8) is 0 Å². The zero-order chi connectivity index (χ0) is 13.6. The molecule has 2 N–H and O–H groups in total. The zero-order valence-corrected chi connectivity index (χ0v) is 11.1. The van der Waals surface area contributed by atoms with E-state index in [0.29, 0.717) is 11.6 Å². The van der Waals surface area contributed by atoms with E-state index in [1.807, 2.05) is 18.2 Å². The van der Waals surface area contributed by atoms with Crippen LogP contribution in [0.4, 0.5) is 11.5 Å². The number of fused-ring (bicyclic) bond motifs is 2. The third-order valence-electron chi connectivity index (χ3n) is 3.10. The summed E-state index contributed by atoms with van der Waals surface area (Å²) in [6.07, 6.45) is 1.42. The number of anilines is 2. The molecule has 1 aromatic carbocycles. The Bertz CT molecular complexity index is 699. The van der Waals surface area contributed by atoms with E-state index in [4.69, 9.17) is 4.74 Å². The van der Waals surface area contributed by atoms with Gasteiger partial charge < -0.3 is 10.1 Å². The van der Waals surface area contributed by atoms with Gasteiger partial charge in [0.15, 0.2) is 17.3 Å². The van der Waals surface area contributed by atoms with Gasteiger partial charge in [0.25, 0.3) is 0 Å². The molecule has 1 aromatic heterocycles. The van der Waals surface area contributed by atoms with Crippen LogP contribution in [0.25, 0.3) is 0 Å². The molecule has 2 heterocycles. The molecule has 5 nitrogen and oxygen atoms in total. The number of ether oxygens (including phenoxy) is 1. The highest BCUT2D eigenvalue weighted by atomic mass is 16.5. The van der Waals surface area contributed by atoms with E-state index in [0.717, 1.165) is 11.4 Å². The Kier molecular flexibility index (Phi) is 2.38. The van der Waals surface area contributed by atoms with E-state index < -0.39 is 5.69 Å². The van der Waals surface area contributed by atoms with Crippen LogP contribution in [0.5, 0.6) is 11.5 Å². The Hall–Kier alpha value is -2.30. The smallest absolute Gasteiger partial charge is 0.346 e. The van der Waals surface area contributed by atoms with E-state index in [1.54, 1.807) is 0 Å². The lowest BCUT2D eigenvalue weighted by molar-refractivity contribution is 0.474. The Morgan fingerprint density at radius 2 is 2.00 bits per heavy atom. The number of hydrogen-bond acceptors (Lipinski definition) is 4. The Labute approximate surface area is 110 Å². The predicted octanol–water partition coefficient (Wildman–Crippen LogP) is 2.92. The molecule has 3 rings (SSSR count). The van der Waals surface area contributed by atoms with Gasteiger partial charge in [-0.3, -0.25) is 4.98 Å². The van der Waals surface area contributed by atoms with Crippen molar-refractivity contribution in [3.05, 3.63) is 40.4 Å². The minimum atomic E-state index is -0.398. The minimum absolute atomic E-state index is 0.0582. The first-order valence-corrected chi connectivity index (χ1v) is 6.12. The second kappa shape index (κ2) is 3.85. The molecule has 0 saturated heterocycles. The molecule has 0 atom stereocenters. The van der Waals surface area contributed by atoms with E-state index in [9.17, 15) is 4.79 Å². The molecule has 5 heteroatoms. The van der Waals surface area contributed by atoms with Gasteiger partial charge in [0, 0.05) is 0 Å². The van der Waals surface area contributed by atoms with E-state index >= 15 is 0 Å². The van der Waals surface area contributed by atoms with E-state index in [-0.39, 0.29) is 5.41 Å². The number of hydrogen-bond donors (Lipinski definition) is 2. The van der Waals surface area contributed by atoms with Crippen molar-refractivity contribution in [2.45, 2.75) is 26.2 Å². The van der Waals surface area contributed by atoms with Crippen LogP contribution in [0.1, 0.15) is 26.3 Å². The average Bonchev–Trinajstić information content (AvgIpc) is 2.34. The summed E-state index contributed by atoms with van der Waals surface area (Å²) in [6, 6.07) is 6.01. The summed E-state index contributed by atoms with van der Waals surface area (Å²) in [5.41, 5.74) is 1.71. The fourth-order valence-corrected chi connectivity index (χ4v) is 1.99. The molecule has 0 amide bonds. The van der Waals surface area contributed by atoms with Crippen LogP contribution in [0.15, 0.2) is 29.2 Å². The first-order chi connectivity index (χ1) is 8.93. The van der Waals surface area contributed by atoms with Gasteiger partial charge in [0.05, 0.1) is 11.9 Å². The normalized spacial score (nSPS) is 13.0. The summed E-state index contributed by atoms with van der Waals surface area (Å²) in [6.45, 7) is 6.45. The van der Waals surface area contributed by atoms with Gasteiger partial charge in [0.2, 0.25) is 0 Å². The number of aromatic amines is 1. The summed E-state index contributed by atoms with van der Waals surface area (Å²) < 4.78 is 5.70. The first-order valence-electron chi connectivity index (χ1n) is 6.12. The molecular weight excluding hydrogens is 242 g/mol. The van der Waals surface area contributed by atoms with Crippen molar-refractivity contribution in [2.24, 2.45) is 0 Å². The topological polar surface area (TPSA) is 67.0 Å². The number of H-pyrrole nitrogens is 1. The van der Waals surface area contributed by atoms with Crippen LogP contribution in [0.3, 0.4) is 0 Å². The van der Waals surface area contributed by atoms with Crippen LogP contribution in [-0.2, 0) is 5.41 Å². The number of rotatable bonds is 0. The van der Waals surface area contributed by atoms with E-state index in [1.165, 1.54) is 11.8 Å². The van der Waals surface area contributed by atoms with Gasteiger partial charge in [-0.15, -0.1) is 0 Å². The van der Waals surface area contributed by atoms with Crippen LogP contribution >= 0.6 is 0 Å². The molecule has 0 unspecified atom stereocenters. The van der Waals surface area contributed by atoms with E-state index in [2.05, 4.69) is 36.1 Å². The number of nitrogens with zero attached hydrogens (tertiary/aromatic N) is 1. The van der Waals surface area contributed by atoms with Gasteiger partial charge in [-0.25, -0.2) is 4.79 Å². The predicted molar refractivity (Wildman–Crippen MR) is 73.4 cm³/mol. The molecule has 0 aliphatic carbocycles. The molecule has 1 aliphatic heterocycles. The zero-order valence-electron chi connectivity index (χ0n) is 11.1. The minimum Gasteiger partial charge on any atom is -0.450 e. The number of benzene rings is 1. The molecule has 0 saturated carbocycles. The van der Waals surface area contributed by atoms with Crippen LogP contribution in [-0.4, -0.2) is 9.97 Å². The molecule has 0 radical (unpaired) electrons. The molecule has 1 aliphatic rings. The van der Waals surface area contributed by atoms with Crippen LogP contribution in [0, 0.1) is 0 Å². The van der Waals surface area contributed by atoms with Gasteiger partial charge in [-0.1, -0.05) is 26.8 Å². The fourth-order valence-electron chi connectivity index (χ4n) is 1.99. The maximum Gasteiger partial charge on any atom is 0.346 e. The Morgan fingerprint density at radius 3 is 2.74 bits per heavy atom. The molecule has 2 aromatic rings. The van der Waals surface area contributed by atoms with Gasteiger partial charge in [0.1, 0.15) is 0 Å². The molecule has 98 valence electrons. The van der Waals surface area contributed by atoms with Gasteiger partial charge in [-0.05, 0) is 23.1 Å². The van der Waals surface area contributed by atoms with Crippen molar-refractivity contribution in [3.8, 4) is 11.5 Å². The fraction of sp³-hybridized carbons (Fsp3) is 0.286. The maximum atomic E-state index is 11.2. The van der Waals surface area contributed by atoms with Crippen LogP contribution < -0.4 is 15.7 Å². The molecule has 0 spiro atoms. The van der Waals surface area contributed by atoms with Crippen molar-refractivity contribution >= 4 is 11.5 Å². The average molecular weight is 257 g/mol. The second-order valence-corrected chi connectivity index (χ2v) is 5.62. The summed E-state index contributed by atoms with van der Waals surface area (Å²) in [7, 11) is 0. The second-order valence-electron chi connectivity index (χ2n) is 5.62. The van der Waals surface area contributed by atoms with Crippen molar-refractivity contribution < 1.29 is 4.74 Å². The number of aromatic nitrogens is 2. The summed E-state index contributed by atoms with van der Waals surface area (Å²) in [5.74, 6) is 1.79. The third kappa shape index (κ3) is 2.07. The highest BCUT2D eigenvalue weighted by molar-refractivity contribution is 5.73. The van der Waals surface area contributed by atoms with Gasteiger partial charge >= 0.3 is 5.69 Å². The highest BCUT2D eigenvalue weighted by Crippen LogP contribution is 2.41. The quantitative estimate of drug-likeness (QED) is 0.649. The lowest BCUT2D eigenvalue weighted by Gasteiger charge is -2.24. The SMILES string of the molecule is CC(C)(C)c1ccc2c(c1)Nc1[nH]c(=O)ncc1O2. The summed E-state index contributed by atoms with van der Waals surface area (Å²) in [5, 5.41) is 3.17. The highest BCUT2D eigenvalue weighted by Gasteiger charge is 2.21. The maximum absolute atomic E-state index is 11.2. The monoisotopic (exact) mass is 257 g/mol. The lowest BCUT2D eigenvalue weighted by Crippen LogP contribution is -2.16. The molecule has 19 heavy (non-hydrogen) atoms. The summed E-state index contributed by atoms with van der Waals surface area (Å²) in [4.78, 5) is 17.5. The number of nitrogens with one attached hydrogen (secondary N) is 2. The largest absolute Gasteiger partial charge is 0.450 e. The lowest BCUT2D eigenvalue weighted by atomic mass is 9.86. The van der Waals surface area contributed by atoms with Crippen molar-refractivity contribution in [1.29, 1.82) is 0 Å². The molecule has 0 fully saturated rings. The Balaban J connectivity index is 2.06. The summed E-state index contributed by atoms with van der Waals surface area (Å²) >= 11 is 0. The van der Waals surface area contributed by atoms with Crippen molar-refractivity contribution in [1.82, 2.24) is 9.97 Å². The third-order valence-corrected chi connectivity index (χ3v) is 3.10. The first kappa shape index (κ1) is 11.8. The Morgan fingerprint density at radius 1 is 1.21 bits per heavy atom. The van der Waals surface area contributed by atoms with Crippen molar-refractivity contribution in [2.75, 3.05) is 5.32 Å². The van der Waals surface area contributed by atoms with Crippen LogP contribution in [0.2, 0.25) is 0 Å².